The van der Waals surface area contributed by atoms with Crippen LogP contribution in [0.15, 0.2) is 0 Å². The zero-order valence-electron chi connectivity index (χ0n) is 31.2. The van der Waals surface area contributed by atoms with Crippen LogP contribution in [0.5, 0.6) is 51.7 Å². The number of phenols is 6. The minimum Gasteiger partial charge on any atom is -0.545 e. The molecule has 0 heterocycles. The van der Waals surface area contributed by atoms with Crippen LogP contribution in [0.1, 0.15) is 31.1 Å². The van der Waals surface area contributed by atoms with E-state index in [1.54, 1.807) is 0 Å². The SMILES string of the molecule is O=C([O-])c1c(O)c([N+](=O)[O-])c(O)c([N+](=O)[O-])c1O[N+](=O)[O-].O=C([O-])c1c(O)c([N+](=O)[O-])c(O)c([N+](=O)[O-])c1O[N+](=O)[O-].O=C([O-])c1c(O)c([N+](=O)[O-])c(O)c([N+](=O)[O-])c1O[N+](=O)[O-].[K+].[K+].[K+]. The van der Waals surface area contributed by atoms with Crippen molar-refractivity contribution < 1.29 is 274 Å². The number of rotatable bonds is 15. The van der Waals surface area contributed by atoms with Crippen LogP contribution in [0.4, 0.5) is 34.1 Å². The third-order valence-corrected chi connectivity index (χ3v) is 6.26. The molecule has 45 heteroatoms. The summed E-state index contributed by atoms with van der Waals surface area (Å²) in [5.74, 6) is -23.3. The number of nitrogens with zero attached hydrogens (tertiary/aromatic N) is 9. The number of nitro groups is 6. The number of carbonyl (C=O) groups is 3. The van der Waals surface area contributed by atoms with Gasteiger partial charge in [-0.1, -0.05) is 0 Å². The van der Waals surface area contributed by atoms with Gasteiger partial charge in [-0.2, -0.15) is 0 Å². The van der Waals surface area contributed by atoms with Crippen molar-refractivity contribution in [3.63, 3.8) is 0 Å². The maximum Gasteiger partial charge on any atom is 1.00 e. The van der Waals surface area contributed by atoms with Crippen molar-refractivity contribution >= 4 is 52.0 Å². The number of aromatic carboxylic acids is 3. The summed E-state index contributed by atoms with van der Waals surface area (Å²) in [6.45, 7) is 0. The number of phenolic OH excluding ortho intramolecular Hbond substituents is 3. The van der Waals surface area contributed by atoms with Crippen molar-refractivity contribution in [3.8, 4) is 51.7 Å². The van der Waals surface area contributed by atoms with Gasteiger partial charge in [0.15, 0.2) is 0 Å². The topological polar surface area (TPSA) is 658 Å². The first-order valence-electron chi connectivity index (χ1n) is 13.6. The summed E-state index contributed by atoms with van der Waals surface area (Å²) in [4.78, 5) is 128. The van der Waals surface area contributed by atoms with Crippen LogP contribution >= 0.6 is 0 Å². The Bertz CT molecular complexity index is 2220. The molecule has 0 unspecified atom stereocenters. The number of carboxylic acids is 3. The second-order valence-electron chi connectivity index (χ2n) is 9.65. The molecule has 0 atom stereocenters. The predicted octanol–water partition coefficient (Wildman–Crippen LogP) is -12.4. The molecule has 0 radical (unpaired) electrons. The normalized spacial score (nSPS) is 9.45. The Morgan fingerprint density at radius 2 is 0.470 bits per heavy atom. The van der Waals surface area contributed by atoms with E-state index in [1.807, 2.05) is 0 Å². The fourth-order valence-corrected chi connectivity index (χ4v) is 4.11. The van der Waals surface area contributed by atoms with Crippen molar-refractivity contribution in [2.75, 3.05) is 0 Å². The summed E-state index contributed by atoms with van der Waals surface area (Å²) in [7, 11) is 0. The molecule has 0 aliphatic heterocycles. The molecule has 0 saturated heterocycles. The molecule has 3 aromatic carbocycles. The number of benzene rings is 3. The summed E-state index contributed by atoms with van der Waals surface area (Å²) < 4.78 is 0. The Hall–Kier alpha value is -6.22. The molecular formula is C21H6K3N9O33. The van der Waals surface area contributed by atoms with Crippen LogP contribution in [0.25, 0.3) is 0 Å². The molecule has 0 amide bonds. The van der Waals surface area contributed by atoms with Crippen LogP contribution in [-0.4, -0.2) is 93.3 Å². The number of carbonyl (C=O) groups excluding carboxylic acids is 3. The molecule has 6 N–H and O–H groups in total. The van der Waals surface area contributed by atoms with E-state index in [0.29, 0.717) is 0 Å². The molecule has 0 fully saturated rings. The minimum absolute atomic E-state index is 0. The summed E-state index contributed by atoms with van der Waals surface area (Å²) >= 11 is 0. The summed E-state index contributed by atoms with van der Waals surface area (Å²) in [6, 6.07) is 0. The first-order chi connectivity index (χ1) is 28.8. The standard InChI is InChI=1S/3C7H3N3O11.3K/c3*11-4-1(7(13)14)6(21-10(19)20)3(9(17)18)5(12)2(4)8(15)16;;;/h3*11-12H,(H,13,14);;;/q;;;3*+1/p-3. The maximum atomic E-state index is 10.8. The molecule has 66 heavy (non-hydrogen) atoms. The van der Waals surface area contributed by atoms with Gasteiger partial charge in [-0.3, -0.25) is 75.2 Å². The fourth-order valence-electron chi connectivity index (χ4n) is 4.11. The molecular weight excluding hydrogens is 1020 g/mol. The molecule has 0 aliphatic carbocycles. The van der Waals surface area contributed by atoms with E-state index in [-0.39, 0.29) is 154 Å². The van der Waals surface area contributed by atoms with Crippen LogP contribution in [0.2, 0.25) is 0 Å². The molecule has 0 bridgehead atoms. The zero-order valence-corrected chi connectivity index (χ0v) is 40.6. The number of hydrogen-bond acceptors (Lipinski definition) is 33. The Morgan fingerprint density at radius 1 is 0.318 bits per heavy atom. The fraction of sp³-hybridized carbons (Fsp3) is 0. The number of nitro benzene ring substituents is 6. The van der Waals surface area contributed by atoms with Gasteiger partial charge in [-0.25, -0.2) is 0 Å². The Balaban J connectivity index is -0.000000882. The van der Waals surface area contributed by atoms with E-state index in [2.05, 4.69) is 14.5 Å². The van der Waals surface area contributed by atoms with E-state index >= 15 is 0 Å². The third kappa shape index (κ3) is 14.4. The molecule has 0 aromatic heterocycles. The van der Waals surface area contributed by atoms with E-state index in [1.165, 1.54) is 0 Å². The molecule has 42 nitrogen and oxygen atoms in total. The Kier molecular flexibility index (Phi) is 25.3. The summed E-state index contributed by atoms with van der Waals surface area (Å²) in [5, 5.41) is 178. The van der Waals surface area contributed by atoms with Gasteiger partial charge >= 0.3 is 188 Å². The molecule has 0 spiro atoms. The van der Waals surface area contributed by atoms with Crippen molar-refractivity contribution in [1.82, 2.24) is 0 Å². The first-order valence-corrected chi connectivity index (χ1v) is 13.6. The molecule has 0 aliphatic rings. The van der Waals surface area contributed by atoms with Gasteiger partial charge in [0.25, 0.3) is 32.5 Å². The molecule has 3 rings (SSSR count). The second kappa shape index (κ2) is 26.1. The van der Waals surface area contributed by atoms with E-state index < -0.39 is 165 Å². The molecule has 0 saturated carbocycles. The average molecular weight is 1030 g/mol. The van der Waals surface area contributed by atoms with Gasteiger partial charge in [0, 0.05) is 0 Å². The van der Waals surface area contributed by atoms with Crippen molar-refractivity contribution in [2.45, 2.75) is 0 Å². The van der Waals surface area contributed by atoms with Crippen LogP contribution in [0.3, 0.4) is 0 Å². The van der Waals surface area contributed by atoms with Crippen molar-refractivity contribution in [2.24, 2.45) is 0 Å². The molecule has 3 aromatic rings. The van der Waals surface area contributed by atoms with E-state index in [9.17, 15) is 151 Å². The van der Waals surface area contributed by atoms with E-state index in [0.717, 1.165) is 0 Å². The van der Waals surface area contributed by atoms with E-state index in [4.69, 9.17) is 0 Å². The third-order valence-electron chi connectivity index (χ3n) is 6.26. The Morgan fingerprint density at radius 3 is 0.576 bits per heavy atom. The number of aromatic hydroxyl groups is 6. The number of hydrogen-bond donors (Lipinski definition) is 6. The van der Waals surface area contributed by atoms with Gasteiger partial charge < -0.3 is 60.3 Å². The van der Waals surface area contributed by atoms with Gasteiger partial charge in [0.2, 0.25) is 34.5 Å². The van der Waals surface area contributed by atoms with Gasteiger partial charge in [-0.15, -0.1) is 30.3 Å². The second-order valence-corrected chi connectivity index (χ2v) is 9.65. The zero-order chi connectivity index (χ0) is 49.4. The maximum absolute atomic E-state index is 10.8. The average Bonchev–Trinajstić information content (AvgIpc) is 3.06. The van der Waals surface area contributed by atoms with Crippen LogP contribution < -0.4 is 184 Å². The summed E-state index contributed by atoms with van der Waals surface area (Å²) in [5.41, 5.74) is -15.7. The predicted molar refractivity (Wildman–Crippen MR) is 165 cm³/mol. The first kappa shape index (κ1) is 64.1. The summed E-state index contributed by atoms with van der Waals surface area (Å²) in [6.07, 6.45) is 0. The molecule has 336 valence electrons. The monoisotopic (exact) mass is 1030 g/mol. The smallest absolute Gasteiger partial charge is 0.545 e. The largest absolute Gasteiger partial charge is 1.00 e. The van der Waals surface area contributed by atoms with Gasteiger partial charge in [-0.05, 0) is 0 Å². The Labute approximate surface area is 478 Å². The number of carboxylic acid groups (broad SMARTS) is 3. The minimum atomic E-state index is -2.43. The van der Waals surface area contributed by atoms with Crippen molar-refractivity contribution in [3.05, 3.63) is 108 Å². The van der Waals surface area contributed by atoms with Crippen LogP contribution in [-0.2, 0) is 0 Å². The van der Waals surface area contributed by atoms with Gasteiger partial charge in [0.05, 0.1) is 64.1 Å². The van der Waals surface area contributed by atoms with Crippen molar-refractivity contribution in [1.29, 1.82) is 0 Å². The quantitative estimate of drug-likeness (QED) is 0.0468. The van der Waals surface area contributed by atoms with Gasteiger partial charge in [0.1, 0.15) is 0 Å². The van der Waals surface area contributed by atoms with Crippen LogP contribution in [0, 0.1) is 91.0 Å².